The Morgan fingerprint density at radius 2 is 1.76 bits per heavy atom. The van der Waals surface area contributed by atoms with Crippen LogP contribution in [0.25, 0.3) is 12.2 Å². The molecule has 3 nitrogen and oxygen atoms in total. The van der Waals surface area contributed by atoms with Crippen molar-refractivity contribution in [3.05, 3.63) is 89.7 Å². The zero-order valence-corrected chi connectivity index (χ0v) is 17.1. The predicted molar refractivity (Wildman–Crippen MR) is 122 cm³/mol. The van der Waals surface area contributed by atoms with E-state index < -0.39 is 0 Å². The molecule has 0 fully saturated rings. The van der Waals surface area contributed by atoms with E-state index in [2.05, 4.69) is 36.3 Å². The number of nitrogens with one attached hydrogen (secondary N) is 1. The molecule has 0 saturated heterocycles. The van der Waals surface area contributed by atoms with Crippen LogP contribution in [0.2, 0.25) is 0 Å². The summed E-state index contributed by atoms with van der Waals surface area (Å²) >= 11 is 0. The average Bonchev–Trinajstić information content (AvgIpc) is 2.73. The number of carbonyl (C=O) groups excluding carboxylic acids is 1. The molecule has 0 aliphatic heterocycles. The van der Waals surface area contributed by atoms with Crippen LogP contribution in [0.1, 0.15) is 54.7 Å². The molecule has 2 aromatic carbocycles. The molecule has 148 valence electrons. The Labute approximate surface area is 173 Å². The number of ketones is 1. The molecule has 0 amide bonds. The van der Waals surface area contributed by atoms with Crippen LogP contribution in [0, 0.1) is 5.92 Å². The van der Waals surface area contributed by atoms with Gasteiger partial charge in [0.1, 0.15) is 0 Å². The fourth-order valence-corrected chi connectivity index (χ4v) is 3.13. The highest BCUT2D eigenvalue weighted by Gasteiger charge is 2.07. The summed E-state index contributed by atoms with van der Waals surface area (Å²) in [5, 5.41) is 3.41. The lowest BCUT2D eigenvalue weighted by atomic mass is 10.0. The molecule has 0 spiro atoms. The van der Waals surface area contributed by atoms with E-state index in [1.165, 1.54) is 0 Å². The van der Waals surface area contributed by atoms with Crippen LogP contribution in [0.15, 0.2) is 72.9 Å². The van der Waals surface area contributed by atoms with Crippen molar-refractivity contribution in [2.24, 2.45) is 5.92 Å². The number of rotatable bonds is 9. The first-order chi connectivity index (χ1) is 14.1. The lowest BCUT2D eigenvalue weighted by molar-refractivity contribution is 0.0978. The molecular formula is C26H28N2O. The van der Waals surface area contributed by atoms with Crippen molar-refractivity contribution in [1.82, 2.24) is 4.98 Å². The van der Waals surface area contributed by atoms with Crippen LogP contribution in [-0.2, 0) is 0 Å². The van der Waals surface area contributed by atoms with E-state index in [-0.39, 0.29) is 5.78 Å². The molecule has 3 aromatic rings. The zero-order valence-electron chi connectivity index (χ0n) is 17.1. The lowest BCUT2D eigenvalue weighted by Gasteiger charge is -2.09. The van der Waals surface area contributed by atoms with E-state index in [4.69, 9.17) is 0 Å². The maximum Gasteiger partial charge on any atom is 0.162 e. The number of hydrogen-bond acceptors (Lipinski definition) is 3. The fraction of sp³-hybridized carbons (Fsp3) is 0.231. The number of pyridine rings is 1. The minimum absolute atomic E-state index is 0.210. The topological polar surface area (TPSA) is 42.0 Å². The van der Waals surface area contributed by atoms with Gasteiger partial charge in [-0.05, 0) is 60.4 Å². The molecule has 1 heterocycles. The van der Waals surface area contributed by atoms with Gasteiger partial charge in [0.25, 0.3) is 0 Å². The highest BCUT2D eigenvalue weighted by Crippen LogP contribution is 2.21. The summed E-state index contributed by atoms with van der Waals surface area (Å²) in [7, 11) is 0. The second kappa shape index (κ2) is 10.4. The van der Waals surface area contributed by atoms with Crippen molar-refractivity contribution < 1.29 is 4.79 Å². The van der Waals surface area contributed by atoms with Gasteiger partial charge in [-0.25, -0.2) is 0 Å². The average molecular weight is 385 g/mol. The summed E-state index contributed by atoms with van der Waals surface area (Å²) in [6.45, 7) is 4.38. The van der Waals surface area contributed by atoms with Crippen LogP contribution in [-0.4, -0.2) is 10.8 Å². The Morgan fingerprint density at radius 1 is 0.966 bits per heavy atom. The quantitative estimate of drug-likeness (QED) is 0.404. The van der Waals surface area contributed by atoms with Gasteiger partial charge in [0.15, 0.2) is 5.78 Å². The van der Waals surface area contributed by atoms with Gasteiger partial charge in [-0.1, -0.05) is 56.7 Å². The Hall–Kier alpha value is -3.20. The second-order valence-corrected chi connectivity index (χ2v) is 7.63. The molecule has 0 aliphatic rings. The molecule has 1 aromatic heterocycles. The standard InChI is InChI=1S/C26H28N2O/c1-20(2)8-5-14-26(29)22-10-7-13-25(19-22)28-24-12-6-9-21(18-24)15-16-23-11-3-4-17-27-23/h3-4,6-7,9-13,15-20,28H,5,8,14H2,1-2H3/b16-15+. The molecular weight excluding hydrogens is 356 g/mol. The second-order valence-electron chi connectivity index (χ2n) is 7.63. The van der Waals surface area contributed by atoms with Gasteiger partial charge in [0, 0.05) is 29.6 Å². The largest absolute Gasteiger partial charge is 0.355 e. The third kappa shape index (κ3) is 6.72. The third-order valence-electron chi connectivity index (χ3n) is 4.68. The van der Waals surface area contributed by atoms with E-state index in [1.807, 2.05) is 66.7 Å². The number of aromatic nitrogens is 1. The Morgan fingerprint density at radius 3 is 2.52 bits per heavy atom. The number of benzene rings is 2. The van der Waals surface area contributed by atoms with Crippen molar-refractivity contribution in [3.63, 3.8) is 0 Å². The molecule has 0 bridgehead atoms. The smallest absolute Gasteiger partial charge is 0.162 e. The van der Waals surface area contributed by atoms with Gasteiger partial charge in [-0.3, -0.25) is 9.78 Å². The molecule has 3 heteroatoms. The lowest BCUT2D eigenvalue weighted by Crippen LogP contribution is -2.01. The van der Waals surface area contributed by atoms with E-state index >= 15 is 0 Å². The minimum Gasteiger partial charge on any atom is -0.355 e. The maximum absolute atomic E-state index is 12.5. The highest BCUT2D eigenvalue weighted by atomic mass is 16.1. The first-order valence-electron chi connectivity index (χ1n) is 10.2. The predicted octanol–water partition coefficient (Wildman–Crippen LogP) is 7.00. The normalized spacial score (nSPS) is 11.1. The Bertz CT molecular complexity index is 961. The summed E-state index contributed by atoms with van der Waals surface area (Å²) in [6, 6.07) is 21.8. The molecule has 29 heavy (non-hydrogen) atoms. The molecule has 3 rings (SSSR count). The molecule has 0 unspecified atom stereocenters. The van der Waals surface area contributed by atoms with E-state index in [9.17, 15) is 4.79 Å². The van der Waals surface area contributed by atoms with Crippen molar-refractivity contribution in [1.29, 1.82) is 0 Å². The van der Waals surface area contributed by atoms with Gasteiger partial charge in [0.05, 0.1) is 5.69 Å². The summed E-state index contributed by atoms with van der Waals surface area (Å²) < 4.78 is 0. The highest BCUT2D eigenvalue weighted by molar-refractivity contribution is 5.97. The molecule has 0 atom stereocenters. The van der Waals surface area contributed by atoms with Gasteiger partial charge in [-0.2, -0.15) is 0 Å². The fourth-order valence-electron chi connectivity index (χ4n) is 3.13. The monoisotopic (exact) mass is 384 g/mol. The van der Waals surface area contributed by atoms with Crippen molar-refractivity contribution in [2.75, 3.05) is 5.32 Å². The molecule has 1 N–H and O–H groups in total. The van der Waals surface area contributed by atoms with Crippen molar-refractivity contribution in [3.8, 4) is 0 Å². The first-order valence-corrected chi connectivity index (χ1v) is 10.2. The summed E-state index contributed by atoms with van der Waals surface area (Å²) in [5.74, 6) is 0.844. The Balaban J connectivity index is 1.66. The van der Waals surface area contributed by atoms with Crippen LogP contribution in [0.5, 0.6) is 0 Å². The van der Waals surface area contributed by atoms with E-state index in [0.29, 0.717) is 12.3 Å². The summed E-state index contributed by atoms with van der Waals surface area (Å²) in [5.41, 5.74) is 4.68. The van der Waals surface area contributed by atoms with Gasteiger partial charge < -0.3 is 5.32 Å². The number of anilines is 2. The van der Waals surface area contributed by atoms with Crippen LogP contribution in [0.4, 0.5) is 11.4 Å². The molecule has 0 aliphatic carbocycles. The van der Waals surface area contributed by atoms with Gasteiger partial charge >= 0.3 is 0 Å². The van der Waals surface area contributed by atoms with Crippen LogP contribution < -0.4 is 5.32 Å². The van der Waals surface area contributed by atoms with E-state index in [0.717, 1.165) is 41.0 Å². The first kappa shape index (κ1) is 20.5. The summed E-state index contributed by atoms with van der Waals surface area (Å²) in [4.78, 5) is 16.8. The van der Waals surface area contributed by atoms with E-state index in [1.54, 1.807) is 6.20 Å². The number of Topliss-reactive ketones (excluding diaryl/α,β-unsaturated/α-hetero) is 1. The zero-order chi connectivity index (χ0) is 20.5. The third-order valence-corrected chi connectivity index (χ3v) is 4.68. The van der Waals surface area contributed by atoms with Crippen LogP contribution >= 0.6 is 0 Å². The maximum atomic E-state index is 12.5. The Kier molecular flexibility index (Phi) is 7.34. The van der Waals surface area contributed by atoms with Crippen LogP contribution in [0.3, 0.4) is 0 Å². The summed E-state index contributed by atoms with van der Waals surface area (Å²) in [6.07, 6.45) is 8.46. The van der Waals surface area contributed by atoms with Crippen molar-refractivity contribution in [2.45, 2.75) is 33.1 Å². The van der Waals surface area contributed by atoms with Gasteiger partial charge in [0.2, 0.25) is 0 Å². The van der Waals surface area contributed by atoms with Gasteiger partial charge in [-0.15, -0.1) is 0 Å². The number of hydrogen-bond donors (Lipinski definition) is 1. The minimum atomic E-state index is 0.210. The number of carbonyl (C=O) groups is 1. The number of nitrogens with zero attached hydrogens (tertiary/aromatic N) is 1. The molecule has 0 radical (unpaired) electrons. The SMILES string of the molecule is CC(C)CCCC(=O)c1cccc(Nc2cccc(/C=C/c3ccccn3)c2)c1. The van der Waals surface area contributed by atoms with Crippen molar-refractivity contribution >= 4 is 29.3 Å². The molecule has 0 saturated carbocycles.